The largest absolute Gasteiger partial charge is 0.278 e. The molecule has 0 aliphatic carbocycles. The van der Waals surface area contributed by atoms with E-state index in [2.05, 4.69) is 149 Å². The molecule has 0 fully saturated rings. The maximum atomic E-state index is 5.23. The maximum Gasteiger partial charge on any atom is 0.240 e. The van der Waals surface area contributed by atoms with Gasteiger partial charge in [-0.15, -0.1) is 0 Å². The minimum absolute atomic E-state index is 0.585. The number of aromatic nitrogens is 5. The van der Waals surface area contributed by atoms with Gasteiger partial charge >= 0.3 is 0 Å². The monoisotopic (exact) mass is 537 g/mol. The van der Waals surface area contributed by atoms with Gasteiger partial charge in [-0.25, -0.2) is 0 Å². The van der Waals surface area contributed by atoms with Crippen LogP contribution in [0.15, 0.2) is 140 Å². The highest BCUT2D eigenvalue weighted by Crippen LogP contribution is 2.35. The van der Waals surface area contributed by atoms with Crippen LogP contribution in [0.5, 0.6) is 0 Å². The highest BCUT2D eigenvalue weighted by molar-refractivity contribution is 6.10. The Kier molecular flexibility index (Phi) is 4.83. The summed E-state index contributed by atoms with van der Waals surface area (Å²) >= 11 is 0. The number of fused-ring (bicyclic) bond motifs is 7. The first-order chi connectivity index (χ1) is 20.8. The quantitative estimate of drug-likeness (QED) is 0.226. The number of nitrogens with zero attached hydrogens (tertiary/aromatic N) is 5. The Morgan fingerprint density at radius 1 is 0.333 bits per heavy atom. The third-order valence-corrected chi connectivity index (χ3v) is 8.20. The summed E-state index contributed by atoms with van der Waals surface area (Å²) in [6.45, 7) is 0. The molecule has 0 spiro atoms. The van der Waals surface area contributed by atoms with Crippen LogP contribution in [0.3, 0.4) is 0 Å². The molecule has 5 heteroatoms. The predicted molar refractivity (Wildman–Crippen MR) is 171 cm³/mol. The number of hydrogen-bond acceptors (Lipinski definition) is 3. The van der Waals surface area contributed by atoms with E-state index >= 15 is 0 Å². The lowest BCUT2D eigenvalue weighted by molar-refractivity contribution is 0.893. The van der Waals surface area contributed by atoms with E-state index in [4.69, 9.17) is 15.0 Å². The Labute approximate surface area is 241 Å². The molecule has 3 aromatic heterocycles. The van der Waals surface area contributed by atoms with Gasteiger partial charge in [-0.1, -0.05) is 115 Å². The SMILES string of the molecule is c1ccc2c(-c3nc(-n4c5ccccc5c5ccccc54)nc(-n4c5ccccc5c5ccccc54)n3)cccc2c1. The second-order valence-electron chi connectivity index (χ2n) is 10.5. The van der Waals surface area contributed by atoms with Gasteiger partial charge in [0.2, 0.25) is 11.9 Å². The van der Waals surface area contributed by atoms with E-state index in [-0.39, 0.29) is 0 Å². The van der Waals surface area contributed by atoms with E-state index in [1.54, 1.807) is 0 Å². The van der Waals surface area contributed by atoms with E-state index in [1.165, 1.54) is 21.5 Å². The average molecular weight is 538 g/mol. The molecule has 0 saturated carbocycles. The average Bonchev–Trinajstić information content (AvgIpc) is 3.57. The summed E-state index contributed by atoms with van der Waals surface area (Å²) in [5.41, 5.74) is 5.20. The maximum absolute atomic E-state index is 5.23. The van der Waals surface area contributed by atoms with Crippen LogP contribution in [0.2, 0.25) is 0 Å². The standard InChI is InChI=1S/C37H23N5/c1-2-14-25-24(12-1)13-11-19-30(25)35-38-36(41-31-20-7-3-15-26(31)27-16-4-8-21-32(27)41)40-37(39-35)42-33-22-9-5-17-28(33)29-18-6-10-23-34(29)42/h1-23H. The summed E-state index contributed by atoms with van der Waals surface area (Å²) in [4.78, 5) is 15.6. The molecule has 0 radical (unpaired) electrons. The third kappa shape index (κ3) is 3.28. The van der Waals surface area contributed by atoms with Crippen molar-refractivity contribution in [3.05, 3.63) is 140 Å². The lowest BCUT2D eigenvalue weighted by atomic mass is 10.0. The molecule has 9 aromatic rings. The zero-order valence-corrected chi connectivity index (χ0v) is 22.5. The summed E-state index contributed by atoms with van der Waals surface area (Å²) in [5, 5.41) is 6.91. The first kappa shape index (κ1) is 22.9. The van der Waals surface area contributed by atoms with Crippen molar-refractivity contribution in [1.82, 2.24) is 24.1 Å². The van der Waals surface area contributed by atoms with Gasteiger partial charge in [0, 0.05) is 27.1 Å². The summed E-state index contributed by atoms with van der Waals surface area (Å²) in [6, 6.07) is 48.5. The molecule has 196 valence electrons. The molecule has 0 aliphatic rings. The van der Waals surface area contributed by atoms with Gasteiger partial charge in [0.05, 0.1) is 22.1 Å². The molecule has 42 heavy (non-hydrogen) atoms. The van der Waals surface area contributed by atoms with Gasteiger partial charge < -0.3 is 0 Å². The summed E-state index contributed by atoms with van der Waals surface area (Å²) < 4.78 is 4.33. The molecular formula is C37H23N5. The van der Waals surface area contributed by atoms with Crippen molar-refractivity contribution in [1.29, 1.82) is 0 Å². The van der Waals surface area contributed by atoms with Crippen molar-refractivity contribution < 1.29 is 0 Å². The number of benzene rings is 6. The number of para-hydroxylation sites is 4. The minimum atomic E-state index is 0.585. The fourth-order valence-corrected chi connectivity index (χ4v) is 6.37. The Balaban J connectivity index is 1.44. The molecule has 5 nitrogen and oxygen atoms in total. The van der Waals surface area contributed by atoms with Crippen molar-refractivity contribution in [3.63, 3.8) is 0 Å². The van der Waals surface area contributed by atoms with Crippen LogP contribution in [0, 0.1) is 0 Å². The van der Waals surface area contributed by atoms with E-state index in [0.717, 1.165) is 38.4 Å². The fraction of sp³-hybridized carbons (Fsp3) is 0. The molecule has 9 rings (SSSR count). The molecule has 0 N–H and O–H groups in total. The van der Waals surface area contributed by atoms with Gasteiger partial charge in [-0.3, -0.25) is 9.13 Å². The van der Waals surface area contributed by atoms with Crippen molar-refractivity contribution in [2.24, 2.45) is 0 Å². The summed E-state index contributed by atoms with van der Waals surface area (Å²) in [6.07, 6.45) is 0. The first-order valence-electron chi connectivity index (χ1n) is 14.1. The molecule has 0 bridgehead atoms. The van der Waals surface area contributed by atoms with Crippen LogP contribution in [0.25, 0.3) is 77.7 Å². The van der Waals surface area contributed by atoms with E-state index in [9.17, 15) is 0 Å². The Bertz CT molecular complexity index is 2240. The number of hydrogen-bond donors (Lipinski definition) is 0. The van der Waals surface area contributed by atoms with Crippen LogP contribution in [-0.2, 0) is 0 Å². The topological polar surface area (TPSA) is 48.5 Å². The van der Waals surface area contributed by atoms with Crippen LogP contribution in [0.1, 0.15) is 0 Å². The van der Waals surface area contributed by atoms with E-state index in [0.29, 0.717) is 17.7 Å². The molecule has 0 aliphatic heterocycles. The number of rotatable bonds is 3. The van der Waals surface area contributed by atoms with Gasteiger partial charge in [-0.05, 0) is 35.0 Å². The highest BCUT2D eigenvalue weighted by Gasteiger charge is 2.20. The second kappa shape index (κ2) is 8.85. The van der Waals surface area contributed by atoms with Crippen LogP contribution in [0.4, 0.5) is 0 Å². The third-order valence-electron chi connectivity index (χ3n) is 8.20. The fourth-order valence-electron chi connectivity index (χ4n) is 6.37. The molecule has 0 amide bonds. The molecule has 3 heterocycles. The zero-order valence-electron chi connectivity index (χ0n) is 22.5. The smallest absolute Gasteiger partial charge is 0.240 e. The lowest BCUT2D eigenvalue weighted by Gasteiger charge is -2.13. The van der Waals surface area contributed by atoms with Crippen LogP contribution < -0.4 is 0 Å². The van der Waals surface area contributed by atoms with Gasteiger partial charge in [-0.2, -0.15) is 15.0 Å². The van der Waals surface area contributed by atoms with Gasteiger partial charge in [0.25, 0.3) is 0 Å². The van der Waals surface area contributed by atoms with Crippen molar-refractivity contribution in [2.75, 3.05) is 0 Å². The first-order valence-corrected chi connectivity index (χ1v) is 14.1. The molecule has 0 saturated heterocycles. The Morgan fingerprint density at radius 2 is 0.714 bits per heavy atom. The molecular weight excluding hydrogens is 514 g/mol. The minimum Gasteiger partial charge on any atom is -0.278 e. The Hall–Kier alpha value is -5.81. The van der Waals surface area contributed by atoms with E-state index < -0.39 is 0 Å². The van der Waals surface area contributed by atoms with Crippen molar-refractivity contribution in [2.45, 2.75) is 0 Å². The normalized spacial score (nSPS) is 11.8. The highest BCUT2D eigenvalue weighted by atomic mass is 15.3. The van der Waals surface area contributed by atoms with Crippen molar-refractivity contribution in [3.8, 4) is 23.3 Å². The zero-order chi connectivity index (χ0) is 27.6. The van der Waals surface area contributed by atoms with E-state index in [1.807, 2.05) is 0 Å². The van der Waals surface area contributed by atoms with Crippen molar-refractivity contribution >= 4 is 54.4 Å². The Morgan fingerprint density at radius 3 is 1.19 bits per heavy atom. The van der Waals surface area contributed by atoms with Gasteiger partial charge in [0.1, 0.15) is 0 Å². The second-order valence-corrected chi connectivity index (χ2v) is 10.5. The molecule has 6 aromatic carbocycles. The molecule has 0 unspecified atom stereocenters. The predicted octanol–water partition coefficient (Wildman–Crippen LogP) is 8.89. The summed E-state index contributed by atoms with van der Waals surface area (Å²) in [5.74, 6) is 1.81. The van der Waals surface area contributed by atoms with Crippen LogP contribution >= 0.6 is 0 Å². The van der Waals surface area contributed by atoms with Gasteiger partial charge in [0.15, 0.2) is 5.82 Å². The molecule has 0 atom stereocenters. The lowest BCUT2D eigenvalue weighted by Crippen LogP contribution is -2.10. The summed E-state index contributed by atoms with van der Waals surface area (Å²) in [7, 11) is 0. The van der Waals surface area contributed by atoms with Crippen LogP contribution in [-0.4, -0.2) is 24.1 Å².